The minimum Gasteiger partial charge on any atom is -0.507 e. The van der Waals surface area contributed by atoms with Crippen molar-refractivity contribution in [2.45, 2.75) is 11.3 Å². The molecule has 0 fully saturated rings. The molecule has 0 radical (unpaired) electrons. The minimum atomic E-state index is -4.40. The Balaban J connectivity index is 2.63. The summed E-state index contributed by atoms with van der Waals surface area (Å²) in [6, 6.07) is 6.59. The quantitative estimate of drug-likeness (QED) is 0.734. The van der Waals surface area contributed by atoms with Crippen LogP contribution < -0.4 is 0 Å². The molecule has 19 heavy (non-hydrogen) atoms. The van der Waals surface area contributed by atoms with Gasteiger partial charge in [0.25, 0.3) is 10.1 Å². The first kappa shape index (κ1) is 13.3. The number of hydrogen-bond donors (Lipinski definition) is 3. The van der Waals surface area contributed by atoms with E-state index in [2.05, 4.69) is 0 Å². The van der Waals surface area contributed by atoms with Gasteiger partial charge in [0.1, 0.15) is 5.75 Å². The molecule has 0 spiro atoms. The first-order valence-corrected chi connectivity index (χ1v) is 6.66. The first-order chi connectivity index (χ1) is 8.77. The molecule has 6 nitrogen and oxygen atoms in total. The molecule has 2 aromatic rings. The van der Waals surface area contributed by atoms with Crippen LogP contribution in [0.3, 0.4) is 0 Å². The van der Waals surface area contributed by atoms with Crippen molar-refractivity contribution in [2.24, 2.45) is 0 Å². The molecule has 0 saturated carbocycles. The summed E-state index contributed by atoms with van der Waals surface area (Å²) in [4.78, 5) is 10.2. The summed E-state index contributed by atoms with van der Waals surface area (Å²) in [6.07, 6.45) is -0.199. The van der Waals surface area contributed by atoms with E-state index >= 15 is 0 Å². The number of carboxylic acid groups (broad SMARTS) is 1. The monoisotopic (exact) mass is 282 g/mol. The van der Waals surface area contributed by atoms with Gasteiger partial charge >= 0.3 is 5.97 Å². The van der Waals surface area contributed by atoms with Crippen LogP contribution in [0.5, 0.6) is 5.75 Å². The molecule has 7 heteroatoms. The SMILES string of the molecule is O=C(O)Cc1ccc2cc(S(=O)(=O)O)cc(O)c2c1. The predicted octanol–water partition coefficient (Wildman–Crippen LogP) is 1.42. The molecule has 0 atom stereocenters. The smallest absolute Gasteiger partial charge is 0.307 e. The van der Waals surface area contributed by atoms with Crippen LogP contribution in [0.15, 0.2) is 35.2 Å². The molecule has 0 aliphatic heterocycles. The normalized spacial score (nSPS) is 11.6. The van der Waals surface area contributed by atoms with Crippen LogP contribution in [-0.4, -0.2) is 29.2 Å². The Labute approximate surface area is 108 Å². The van der Waals surface area contributed by atoms with Crippen LogP contribution in [0.25, 0.3) is 10.8 Å². The minimum absolute atomic E-state index is 0.199. The fourth-order valence-electron chi connectivity index (χ4n) is 1.79. The van der Waals surface area contributed by atoms with Crippen molar-refractivity contribution >= 4 is 26.9 Å². The maximum Gasteiger partial charge on any atom is 0.307 e. The number of hydrogen-bond acceptors (Lipinski definition) is 4. The second kappa shape index (κ2) is 4.52. The van der Waals surface area contributed by atoms with E-state index in [0.717, 1.165) is 6.07 Å². The molecule has 0 aliphatic carbocycles. The second-order valence-electron chi connectivity index (χ2n) is 4.04. The lowest BCUT2D eigenvalue weighted by Gasteiger charge is -2.06. The fraction of sp³-hybridized carbons (Fsp3) is 0.0833. The molecular formula is C12H10O6S. The third-order valence-corrected chi connectivity index (χ3v) is 3.46. The third-order valence-electron chi connectivity index (χ3n) is 2.62. The average molecular weight is 282 g/mol. The van der Waals surface area contributed by atoms with Gasteiger partial charge in [-0.1, -0.05) is 12.1 Å². The third kappa shape index (κ3) is 2.83. The van der Waals surface area contributed by atoms with Crippen molar-refractivity contribution < 1.29 is 28.0 Å². The highest BCUT2D eigenvalue weighted by atomic mass is 32.2. The van der Waals surface area contributed by atoms with E-state index in [9.17, 15) is 18.3 Å². The summed E-state index contributed by atoms with van der Waals surface area (Å²) >= 11 is 0. The van der Waals surface area contributed by atoms with E-state index in [4.69, 9.17) is 9.66 Å². The van der Waals surface area contributed by atoms with Crippen LogP contribution >= 0.6 is 0 Å². The van der Waals surface area contributed by atoms with Gasteiger partial charge in [-0.3, -0.25) is 9.35 Å². The maximum atomic E-state index is 11.0. The summed E-state index contributed by atoms with van der Waals surface area (Å²) in [5.74, 6) is -1.34. The number of aromatic hydroxyl groups is 1. The molecule has 0 heterocycles. The van der Waals surface area contributed by atoms with Crippen LogP contribution in [0.4, 0.5) is 0 Å². The number of rotatable bonds is 3. The molecule has 0 bridgehead atoms. The summed E-state index contributed by atoms with van der Waals surface area (Å²) < 4.78 is 30.9. The van der Waals surface area contributed by atoms with Gasteiger partial charge in [0, 0.05) is 11.5 Å². The van der Waals surface area contributed by atoms with Crippen LogP contribution in [0.2, 0.25) is 0 Å². The summed E-state index contributed by atoms with van der Waals surface area (Å²) in [7, 11) is -4.40. The van der Waals surface area contributed by atoms with Gasteiger partial charge in [0.2, 0.25) is 0 Å². The lowest BCUT2D eigenvalue weighted by atomic mass is 10.0. The highest BCUT2D eigenvalue weighted by Crippen LogP contribution is 2.29. The fourth-order valence-corrected chi connectivity index (χ4v) is 2.33. The highest BCUT2D eigenvalue weighted by Gasteiger charge is 2.13. The van der Waals surface area contributed by atoms with Crippen molar-refractivity contribution in [3.05, 3.63) is 35.9 Å². The Bertz CT molecular complexity index is 763. The van der Waals surface area contributed by atoms with Gasteiger partial charge in [-0.05, 0) is 23.1 Å². The van der Waals surface area contributed by atoms with Crippen molar-refractivity contribution in [3.63, 3.8) is 0 Å². The van der Waals surface area contributed by atoms with Crippen molar-refractivity contribution in [3.8, 4) is 5.75 Å². The van der Waals surface area contributed by atoms with E-state index in [1.807, 2.05) is 0 Å². The average Bonchev–Trinajstić information content (AvgIpc) is 2.27. The lowest BCUT2D eigenvalue weighted by Crippen LogP contribution is -2.00. The molecule has 0 unspecified atom stereocenters. The zero-order valence-electron chi connectivity index (χ0n) is 9.57. The van der Waals surface area contributed by atoms with E-state index in [1.165, 1.54) is 24.3 Å². The number of phenolic OH excluding ortho intramolecular Hbond substituents is 1. The number of fused-ring (bicyclic) bond motifs is 1. The van der Waals surface area contributed by atoms with E-state index < -0.39 is 21.0 Å². The summed E-state index contributed by atoms with van der Waals surface area (Å²) in [6.45, 7) is 0. The molecule has 100 valence electrons. The van der Waals surface area contributed by atoms with E-state index in [-0.39, 0.29) is 12.2 Å². The highest BCUT2D eigenvalue weighted by molar-refractivity contribution is 7.85. The van der Waals surface area contributed by atoms with Gasteiger partial charge in [-0.15, -0.1) is 0 Å². The Kier molecular flexibility index (Phi) is 3.17. The standard InChI is InChI=1S/C12H10O6S/c13-11-6-9(19(16,17)18)5-8-2-1-7(3-10(8)11)4-12(14)15/h1-3,5-6,13H,4H2,(H,14,15)(H,16,17,18). The van der Waals surface area contributed by atoms with Crippen LogP contribution in [-0.2, 0) is 21.3 Å². The molecule has 0 amide bonds. The zero-order valence-corrected chi connectivity index (χ0v) is 10.4. The zero-order chi connectivity index (χ0) is 14.2. The van der Waals surface area contributed by atoms with Crippen molar-refractivity contribution in [2.75, 3.05) is 0 Å². The molecule has 0 saturated heterocycles. The van der Waals surface area contributed by atoms with E-state index in [1.54, 1.807) is 0 Å². The lowest BCUT2D eigenvalue weighted by molar-refractivity contribution is -0.136. The number of benzene rings is 2. The Morgan fingerprint density at radius 3 is 2.42 bits per heavy atom. The van der Waals surface area contributed by atoms with Crippen molar-refractivity contribution in [1.29, 1.82) is 0 Å². The Morgan fingerprint density at radius 2 is 1.84 bits per heavy atom. The first-order valence-electron chi connectivity index (χ1n) is 5.22. The second-order valence-corrected chi connectivity index (χ2v) is 5.47. The molecular weight excluding hydrogens is 272 g/mol. The number of aliphatic carboxylic acids is 1. The molecule has 2 rings (SSSR count). The maximum absolute atomic E-state index is 11.0. The van der Waals surface area contributed by atoms with Gasteiger partial charge in [0.15, 0.2) is 0 Å². The Hall–Kier alpha value is -2.12. The van der Waals surface area contributed by atoms with Gasteiger partial charge < -0.3 is 10.2 Å². The predicted molar refractivity (Wildman–Crippen MR) is 66.8 cm³/mol. The summed E-state index contributed by atoms with van der Waals surface area (Å²) in [5, 5.41) is 19.2. The van der Waals surface area contributed by atoms with Crippen molar-refractivity contribution in [1.82, 2.24) is 0 Å². The number of carboxylic acids is 1. The van der Waals surface area contributed by atoms with Crippen LogP contribution in [0.1, 0.15) is 5.56 Å². The summed E-state index contributed by atoms with van der Waals surface area (Å²) in [5.41, 5.74) is 0.481. The Morgan fingerprint density at radius 1 is 1.16 bits per heavy atom. The van der Waals surface area contributed by atoms with E-state index in [0.29, 0.717) is 16.3 Å². The van der Waals surface area contributed by atoms with Gasteiger partial charge in [0.05, 0.1) is 11.3 Å². The molecule has 0 aliphatic rings. The van der Waals surface area contributed by atoms with Gasteiger partial charge in [-0.2, -0.15) is 8.42 Å². The molecule has 2 aromatic carbocycles. The number of carbonyl (C=O) groups is 1. The molecule has 0 aromatic heterocycles. The largest absolute Gasteiger partial charge is 0.507 e. The van der Waals surface area contributed by atoms with Gasteiger partial charge in [-0.25, -0.2) is 0 Å². The molecule has 3 N–H and O–H groups in total. The number of phenols is 1. The topological polar surface area (TPSA) is 112 Å². The van der Waals surface area contributed by atoms with Crippen LogP contribution in [0, 0.1) is 0 Å².